The van der Waals surface area contributed by atoms with E-state index in [2.05, 4.69) is 0 Å². The minimum Gasteiger partial charge on any atom is -0.258 e. The summed E-state index contributed by atoms with van der Waals surface area (Å²) in [5, 5.41) is 10.8. The highest BCUT2D eigenvalue weighted by molar-refractivity contribution is 7.91. The van der Waals surface area contributed by atoms with Gasteiger partial charge in [0.2, 0.25) is 0 Å². The highest BCUT2D eigenvalue weighted by Gasteiger charge is 2.42. The van der Waals surface area contributed by atoms with E-state index in [0.717, 1.165) is 49.5 Å². The van der Waals surface area contributed by atoms with Gasteiger partial charge in [0.15, 0.2) is 4.34 Å². The van der Waals surface area contributed by atoms with Crippen molar-refractivity contribution < 1.29 is 13.3 Å². The van der Waals surface area contributed by atoms with Gasteiger partial charge < -0.3 is 0 Å². The first-order valence-corrected chi connectivity index (χ1v) is 9.50. The molecule has 1 saturated carbocycles. The van der Waals surface area contributed by atoms with E-state index in [1.165, 1.54) is 0 Å². The van der Waals surface area contributed by atoms with Crippen molar-refractivity contribution >= 4 is 38.6 Å². The molecule has 1 aromatic heterocycles. The number of nitro groups is 1. The Bertz CT molecular complexity index is 673. The van der Waals surface area contributed by atoms with Gasteiger partial charge in [-0.3, -0.25) is 10.1 Å². The maximum atomic E-state index is 12.8. The standard InChI is InChI=1S/C12H15ClN2O4S2/c13-12-10(15(16)17)7-11(20-12)21(18,19)14-6-2-4-8-3-1-5-9(8)14/h7-9H,1-6H2. The highest BCUT2D eigenvalue weighted by Crippen LogP contribution is 2.42. The maximum absolute atomic E-state index is 12.8. The quantitative estimate of drug-likeness (QED) is 0.619. The zero-order valence-electron chi connectivity index (χ0n) is 11.2. The fourth-order valence-corrected chi connectivity index (χ4v) is 6.96. The van der Waals surface area contributed by atoms with E-state index in [9.17, 15) is 18.5 Å². The van der Waals surface area contributed by atoms with Crippen molar-refractivity contribution in [3.8, 4) is 0 Å². The van der Waals surface area contributed by atoms with Crippen LogP contribution < -0.4 is 0 Å². The summed E-state index contributed by atoms with van der Waals surface area (Å²) in [6.07, 6.45) is 4.92. The minimum atomic E-state index is -3.69. The molecule has 3 rings (SSSR count). The molecule has 1 saturated heterocycles. The molecule has 0 N–H and O–H groups in total. The molecule has 0 bridgehead atoms. The lowest BCUT2D eigenvalue weighted by Crippen LogP contribution is -2.45. The van der Waals surface area contributed by atoms with Crippen LogP contribution in [0, 0.1) is 16.0 Å². The van der Waals surface area contributed by atoms with Gasteiger partial charge in [-0.15, -0.1) is 11.3 Å². The van der Waals surface area contributed by atoms with E-state index in [4.69, 9.17) is 11.6 Å². The summed E-state index contributed by atoms with van der Waals surface area (Å²) in [7, 11) is -3.69. The molecule has 116 valence electrons. The largest absolute Gasteiger partial charge is 0.300 e. The van der Waals surface area contributed by atoms with Crippen LogP contribution in [0.2, 0.25) is 4.34 Å². The summed E-state index contributed by atoms with van der Waals surface area (Å²) in [4.78, 5) is 10.2. The normalized spacial score (nSPS) is 26.7. The number of hydrogen-bond acceptors (Lipinski definition) is 5. The molecule has 1 aliphatic heterocycles. The molecule has 2 heterocycles. The SMILES string of the molecule is O=[N+]([O-])c1cc(S(=O)(=O)N2CCCC3CCCC32)sc1Cl. The van der Waals surface area contributed by atoms with Gasteiger partial charge in [0.05, 0.1) is 4.92 Å². The lowest BCUT2D eigenvalue weighted by molar-refractivity contribution is -0.384. The Morgan fingerprint density at radius 2 is 2.05 bits per heavy atom. The molecule has 2 aliphatic rings. The summed E-state index contributed by atoms with van der Waals surface area (Å²) < 4.78 is 27.0. The first-order valence-electron chi connectivity index (χ1n) is 6.87. The first-order chi connectivity index (χ1) is 9.91. The molecule has 1 aromatic rings. The topological polar surface area (TPSA) is 80.5 Å². The Kier molecular flexibility index (Phi) is 3.98. The van der Waals surface area contributed by atoms with Crippen molar-refractivity contribution in [1.82, 2.24) is 4.31 Å². The fourth-order valence-electron chi connectivity index (χ4n) is 3.41. The van der Waals surface area contributed by atoms with Crippen molar-refractivity contribution in [2.75, 3.05) is 6.54 Å². The van der Waals surface area contributed by atoms with Gasteiger partial charge in [-0.2, -0.15) is 4.31 Å². The number of fused-ring (bicyclic) bond motifs is 1. The van der Waals surface area contributed by atoms with E-state index in [0.29, 0.717) is 12.5 Å². The number of thiophene rings is 1. The van der Waals surface area contributed by atoms with Gasteiger partial charge in [-0.05, 0) is 31.6 Å². The molecule has 2 fully saturated rings. The van der Waals surface area contributed by atoms with Gasteiger partial charge >= 0.3 is 0 Å². The van der Waals surface area contributed by atoms with Crippen LogP contribution in [0.3, 0.4) is 0 Å². The molecular weight excluding hydrogens is 336 g/mol. The minimum absolute atomic E-state index is 0.0215. The van der Waals surface area contributed by atoms with Gasteiger partial charge in [0.1, 0.15) is 4.21 Å². The van der Waals surface area contributed by atoms with Crippen molar-refractivity contribution in [2.45, 2.75) is 42.4 Å². The molecule has 2 unspecified atom stereocenters. The average molecular weight is 351 g/mol. The number of sulfonamides is 1. The molecule has 2 atom stereocenters. The molecule has 9 heteroatoms. The number of halogens is 1. The van der Waals surface area contributed by atoms with Crippen LogP contribution in [0.1, 0.15) is 32.1 Å². The van der Waals surface area contributed by atoms with Gasteiger partial charge in [-0.25, -0.2) is 8.42 Å². The molecular formula is C12H15ClN2O4S2. The molecule has 0 spiro atoms. The smallest absolute Gasteiger partial charge is 0.258 e. The van der Waals surface area contributed by atoms with Crippen LogP contribution in [0.4, 0.5) is 5.69 Å². The van der Waals surface area contributed by atoms with Crippen molar-refractivity contribution in [3.63, 3.8) is 0 Å². The van der Waals surface area contributed by atoms with E-state index in [-0.39, 0.29) is 20.3 Å². The Morgan fingerprint density at radius 3 is 2.71 bits per heavy atom. The molecule has 0 aromatic carbocycles. The summed E-state index contributed by atoms with van der Waals surface area (Å²) in [5.74, 6) is 0.430. The second kappa shape index (κ2) is 5.49. The highest BCUT2D eigenvalue weighted by atomic mass is 35.5. The van der Waals surface area contributed by atoms with Crippen LogP contribution >= 0.6 is 22.9 Å². The third-order valence-electron chi connectivity index (χ3n) is 4.35. The third-order valence-corrected chi connectivity index (χ3v) is 8.06. The predicted molar refractivity (Wildman–Crippen MR) is 80.2 cm³/mol. The van der Waals surface area contributed by atoms with E-state index >= 15 is 0 Å². The third kappa shape index (κ3) is 2.58. The Balaban J connectivity index is 1.96. The van der Waals surface area contributed by atoms with Gasteiger partial charge in [-0.1, -0.05) is 18.0 Å². The summed E-state index contributed by atoms with van der Waals surface area (Å²) in [5.41, 5.74) is -0.333. The first kappa shape index (κ1) is 15.2. The number of piperidine rings is 1. The Morgan fingerprint density at radius 1 is 1.33 bits per heavy atom. The maximum Gasteiger partial charge on any atom is 0.300 e. The molecule has 0 amide bonds. The second-order valence-electron chi connectivity index (χ2n) is 5.50. The van der Waals surface area contributed by atoms with Crippen LogP contribution in [-0.2, 0) is 10.0 Å². The molecule has 1 aliphatic carbocycles. The average Bonchev–Trinajstić information content (AvgIpc) is 3.03. The number of rotatable bonds is 3. The summed E-state index contributed by atoms with van der Waals surface area (Å²) >= 11 is 6.56. The van der Waals surface area contributed by atoms with Crippen LogP contribution in [0.15, 0.2) is 10.3 Å². The van der Waals surface area contributed by atoms with Crippen LogP contribution in [-0.4, -0.2) is 30.2 Å². The lowest BCUT2D eigenvalue weighted by Gasteiger charge is -2.36. The van der Waals surface area contributed by atoms with E-state index in [1.54, 1.807) is 4.31 Å². The zero-order chi connectivity index (χ0) is 15.2. The summed E-state index contributed by atoms with van der Waals surface area (Å²) in [6.45, 7) is 0.493. The van der Waals surface area contributed by atoms with Crippen molar-refractivity contribution in [2.24, 2.45) is 5.92 Å². The van der Waals surface area contributed by atoms with Crippen molar-refractivity contribution in [3.05, 3.63) is 20.5 Å². The lowest BCUT2D eigenvalue weighted by atomic mass is 9.94. The van der Waals surface area contributed by atoms with Crippen LogP contribution in [0.5, 0.6) is 0 Å². The van der Waals surface area contributed by atoms with E-state index in [1.807, 2.05) is 0 Å². The predicted octanol–water partition coefficient (Wildman–Crippen LogP) is 3.26. The van der Waals surface area contributed by atoms with Gasteiger partial charge in [0.25, 0.3) is 15.7 Å². The molecule has 21 heavy (non-hydrogen) atoms. The molecule has 6 nitrogen and oxygen atoms in total. The van der Waals surface area contributed by atoms with Crippen LogP contribution in [0.25, 0.3) is 0 Å². The molecule has 0 radical (unpaired) electrons. The number of nitrogens with zero attached hydrogens (tertiary/aromatic N) is 2. The Hall–Kier alpha value is -0.700. The fraction of sp³-hybridized carbons (Fsp3) is 0.667. The summed E-state index contributed by atoms with van der Waals surface area (Å²) in [6, 6.07) is 1.13. The van der Waals surface area contributed by atoms with Gasteiger partial charge in [0, 0.05) is 18.7 Å². The monoisotopic (exact) mass is 350 g/mol. The van der Waals surface area contributed by atoms with Crippen molar-refractivity contribution in [1.29, 1.82) is 0 Å². The Labute approximate surface area is 131 Å². The number of hydrogen-bond donors (Lipinski definition) is 0. The second-order valence-corrected chi connectivity index (χ2v) is 9.27. The van der Waals surface area contributed by atoms with E-state index < -0.39 is 14.9 Å². The zero-order valence-corrected chi connectivity index (χ0v) is 13.6.